The first-order valence-electron chi connectivity index (χ1n) is 10.0. The molecule has 1 amide bonds. The molecule has 3 aromatic carbocycles. The molecule has 0 aromatic heterocycles. The number of nitrogens with zero attached hydrogens (tertiary/aromatic N) is 1. The summed E-state index contributed by atoms with van der Waals surface area (Å²) in [6.45, 7) is 3.57. The van der Waals surface area contributed by atoms with E-state index in [1.165, 1.54) is 37.5 Å². The maximum Gasteiger partial charge on any atom is 0.339 e. The van der Waals surface area contributed by atoms with Crippen LogP contribution in [0.1, 0.15) is 16.7 Å². The number of halogens is 1. The molecule has 3 rings (SSSR count). The maximum absolute atomic E-state index is 12.8. The second kappa shape index (κ2) is 10.4. The lowest BCUT2D eigenvalue weighted by atomic mass is 10.1. The third-order valence-corrected chi connectivity index (χ3v) is 6.57. The molecular formula is C25H21ClN2O5S. The van der Waals surface area contributed by atoms with Crippen molar-refractivity contribution >= 4 is 39.4 Å². The van der Waals surface area contributed by atoms with Gasteiger partial charge in [0, 0.05) is 22.3 Å². The highest BCUT2D eigenvalue weighted by Gasteiger charge is 2.20. The van der Waals surface area contributed by atoms with Gasteiger partial charge in [-0.15, -0.1) is 0 Å². The van der Waals surface area contributed by atoms with Gasteiger partial charge in [-0.1, -0.05) is 35.4 Å². The Morgan fingerprint density at radius 1 is 1.09 bits per heavy atom. The van der Waals surface area contributed by atoms with Gasteiger partial charge in [-0.25, -0.2) is 0 Å². The number of amides is 1. The van der Waals surface area contributed by atoms with Gasteiger partial charge in [-0.3, -0.25) is 4.79 Å². The normalized spacial score (nSPS) is 11.4. The maximum atomic E-state index is 12.8. The zero-order valence-electron chi connectivity index (χ0n) is 18.6. The largest absolute Gasteiger partial charge is 0.497 e. The predicted octanol–water partition coefficient (Wildman–Crippen LogP) is 5.28. The van der Waals surface area contributed by atoms with Crippen LogP contribution in [0.15, 0.2) is 71.1 Å². The number of anilines is 1. The molecule has 0 fully saturated rings. The van der Waals surface area contributed by atoms with Gasteiger partial charge in [-0.05, 0) is 61.9 Å². The van der Waals surface area contributed by atoms with Gasteiger partial charge >= 0.3 is 10.1 Å². The standard InChI is InChI=1S/C25H21ClN2O5S/c1-16-7-11-21(12-8-16)34(30,31)33-24-14-20(32-3)10-9-18(24)13-19(15-27)25(29)28-23-6-4-5-22(26)17(23)2/h4-14H,1-3H3,(H,28,29)/b19-13+. The van der Waals surface area contributed by atoms with Crippen LogP contribution in [-0.2, 0) is 14.9 Å². The number of benzene rings is 3. The number of aryl methyl sites for hydroxylation is 1. The fourth-order valence-electron chi connectivity index (χ4n) is 2.94. The monoisotopic (exact) mass is 496 g/mol. The molecule has 9 heteroatoms. The molecule has 0 aliphatic rings. The summed E-state index contributed by atoms with van der Waals surface area (Å²) in [6, 6.07) is 17.4. The summed E-state index contributed by atoms with van der Waals surface area (Å²) in [5.74, 6) is -0.445. The molecule has 34 heavy (non-hydrogen) atoms. The topological polar surface area (TPSA) is 105 Å². The number of carbonyl (C=O) groups is 1. The second-order valence-corrected chi connectivity index (χ2v) is 9.24. The third kappa shape index (κ3) is 5.76. The van der Waals surface area contributed by atoms with Crippen LogP contribution in [0.25, 0.3) is 6.08 Å². The smallest absolute Gasteiger partial charge is 0.339 e. The van der Waals surface area contributed by atoms with Crippen LogP contribution in [0.2, 0.25) is 5.02 Å². The molecule has 1 N–H and O–H groups in total. The van der Waals surface area contributed by atoms with Gasteiger partial charge in [0.1, 0.15) is 22.3 Å². The lowest BCUT2D eigenvalue weighted by Gasteiger charge is -2.12. The van der Waals surface area contributed by atoms with E-state index in [1.807, 2.05) is 13.0 Å². The number of carbonyl (C=O) groups excluding carboxylic acids is 1. The van der Waals surface area contributed by atoms with E-state index >= 15 is 0 Å². The van der Waals surface area contributed by atoms with Crippen LogP contribution in [0.3, 0.4) is 0 Å². The van der Waals surface area contributed by atoms with Crippen LogP contribution in [0, 0.1) is 25.2 Å². The Balaban J connectivity index is 1.98. The molecule has 0 unspecified atom stereocenters. The van der Waals surface area contributed by atoms with Crippen LogP contribution in [0.4, 0.5) is 5.69 Å². The van der Waals surface area contributed by atoms with E-state index in [1.54, 1.807) is 43.3 Å². The second-order valence-electron chi connectivity index (χ2n) is 7.29. The van der Waals surface area contributed by atoms with Crippen LogP contribution >= 0.6 is 11.6 Å². The summed E-state index contributed by atoms with van der Waals surface area (Å²) < 4.78 is 36.2. The first-order valence-corrected chi connectivity index (χ1v) is 11.8. The fourth-order valence-corrected chi connectivity index (χ4v) is 4.06. The molecule has 7 nitrogen and oxygen atoms in total. The molecule has 0 aliphatic heterocycles. The highest BCUT2D eigenvalue weighted by atomic mass is 35.5. The molecule has 0 heterocycles. The van der Waals surface area contributed by atoms with E-state index in [0.29, 0.717) is 22.0 Å². The zero-order chi connectivity index (χ0) is 24.9. The van der Waals surface area contributed by atoms with Crippen LogP contribution in [-0.4, -0.2) is 21.4 Å². The minimum absolute atomic E-state index is 0.0365. The summed E-state index contributed by atoms with van der Waals surface area (Å²) in [6.07, 6.45) is 1.24. The van der Waals surface area contributed by atoms with Crippen molar-refractivity contribution in [3.63, 3.8) is 0 Å². The molecule has 0 radical (unpaired) electrons. The Bertz CT molecular complexity index is 1410. The molecule has 0 spiro atoms. The summed E-state index contributed by atoms with van der Waals surface area (Å²) in [5, 5.41) is 12.7. The lowest BCUT2D eigenvalue weighted by molar-refractivity contribution is -0.112. The molecule has 0 aliphatic carbocycles. The van der Waals surface area contributed by atoms with Gasteiger partial charge in [0.25, 0.3) is 5.91 Å². The highest BCUT2D eigenvalue weighted by molar-refractivity contribution is 7.87. The number of methoxy groups -OCH3 is 1. The number of nitriles is 1. The average Bonchev–Trinajstić information content (AvgIpc) is 2.81. The molecule has 0 saturated heterocycles. The van der Waals surface area contributed by atoms with E-state index in [-0.39, 0.29) is 21.8 Å². The van der Waals surface area contributed by atoms with E-state index < -0.39 is 16.0 Å². The Hall–Kier alpha value is -3.80. The summed E-state index contributed by atoms with van der Waals surface area (Å²) in [4.78, 5) is 12.7. The number of rotatable bonds is 7. The SMILES string of the molecule is COc1ccc(/C=C(\C#N)C(=O)Nc2cccc(Cl)c2C)c(OS(=O)(=O)c2ccc(C)cc2)c1. The lowest BCUT2D eigenvalue weighted by Crippen LogP contribution is -2.14. The molecule has 0 saturated carbocycles. The molecule has 3 aromatic rings. The first-order chi connectivity index (χ1) is 16.1. The number of hydrogen-bond donors (Lipinski definition) is 1. The Morgan fingerprint density at radius 2 is 1.79 bits per heavy atom. The van der Waals surface area contributed by atoms with Crippen LogP contribution in [0.5, 0.6) is 11.5 Å². The summed E-state index contributed by atoms with van der Waals surface area (Å²) >= 11 is 6.09. The minimum atomic E-state index is -4.18. The molecule has 174 valence electrons. The number of hydrogen-bond acceptors (Lipinski definition) is 6. The van der Waals surface area contributed by atoms with E-state index in [0.717, 1.165) is 5.56 Å². The molecular weight excluding hydrogens is 476 g/mol. The summed E-state index contributed by atoms with van der Waals surface area (Å²) in [7, 11) is -2.76. The quantitative estimate of drug-likeness (QED) is 0.271. The van der Waals surface area contributed by atoms with Crippen molar-refractivity contribution in [3.05, 3.63) is 87.9 Å². The Morgan fingerprint density at radius 3 is 2.44 bits per heavy atom. The van der Waals surface area contributed by atoms with Gasteiger partial charge in [0.05, 0.1) is 7.11 Å². The van der Waals surface area contributed by atoms with Gasteiger partial charge in [0.2, 0.25) is 0 Å². The number of ether oxygens (including phenoxy) is 1. The average molecular weight is 497 g/mol. The molecule has 0 atom stereocenters. The summed E-state index contributed by atoms with van der Waals surface area (Å²) in [5.41, 5.74) is 1.93. The van der Waals surface area contributed by atoms with Crippen molar-refractivity contribution in [2.75, 3.05) is 12.4 Å². The van der Waals surface area contributed by atoms with Gasteiger partial charge in [0.15, 0.2) is 5.75 Å². The fraction of sp³-hybridized carbons (Fsp3) is 0.120. The Labute approximate surface area is 203 Å². The van der Waals surface area contributed by atoms with Crippen molar-refractivity contribution in [2.45, 2.75) is 18.7 Å². The van der Waals surface area contributed by atoms with Crippen molar-refractivity contribution in [3.8, 4) is 17.6 Å². The minimum Gasteiger partial charge on any atom is -0.497 e. The molecule has 0 bridgehead atoms. The van der Waals surface area contributed by atoms with Crippen molar-refractivity contribution in [2.24, 2.45) is 0 Å². The third-order valence-electron chi connectivity index (χ3n) is 4.91. The van der Waals surface area contributed by atoms with E-state index in [2.05, 4.69) is 5.32 Å². The van der Waals surface area contributed by atoms with Gasteiger partial charge in [-0.2, -0.15) is 13.7 Å². The first kappa shape index (κ1) is 24.8. The zero-order valence-corrected chi connectivity index (χ0v) is 20.2. The van der Waals surface area contributed by atoms with Crippen molar-refractivity contribution in [1.82, 2.24) is 0 Å². The van der Waals surface area contributed by atoms with Crippen LogP contribution < -0.4 is 14.2 Å². The Kier molecular flexibility index (Phi) is 7.61. The van der Waals surface area contributed by atoms with Crippen molar-refractivity contribution in [1.29, 1.82) is 5.26 Å². The predicted molar refractivity (Wildman–Crippen MR) is 130 cm³/mol. The number of nitrogens with one attached hydrogen (secondary N) is 1. The van der Waals surface area contributed by atoms with E-state index in [4.69, 9.17) is 20.5 Å². The van der Waals surface area contributed by atoms with Gasteiger partial charge < -0.3 is 14.2 Å². The van der Waals surface area contributed by atoms with Crippen molar-refractivity contribution < 1.29 is 22.1 Å². The van der Waals surface area contributed by atoms with E-state index in [9.17, 15) is 18.5 Å². The highest BCUT2D eigenvalue weighted by Crippen LogP contribution is 2.30.